The summed E-state index contributed by atoms with van der Waals surface area (Å²) >= 11 is 0. The minimum Gasteiger partial charge on any atom is -0.420 e. The van der Waals surface area contributed by atoms with E-state index in [1.807, 2.05) is 11.0 Å². The quantitative estimate of drug-likeness (QED) is 0.432. The molecule has 1 amide bonds. The van der Waals surface area contributed by atoms with Gasteiger partial charge in [0.2, 0.25) is 17.5 Å². The van der Waals surface area contributed by atoms with Crippen molar-refractivity contribution in [3.8, 4) is 6.07 Å². The van der Waals surface area contributed by atoms with Crippen LogP contribution in [0.3, 0.4) is 0 Å². The van der Waals surface area contributed by atoms with E-state index in [9.17, 15) is 24.6 Å². The lowest BCUT2D eigenvalue weighted by Gasteiger charge is -2.34. The fourth-order valence-electron chi connectivity index (χ4n) is 3.45. The number of hydrogen-bond acceptors (Lipinski definition) is 7. The van der Waals surface area contributed by atoms with Gasteiger partial charge in [-0.25, -0.2) is 4.39 Å². The smallest absolute Gasteiger partial charge is 0.269 e. The topological polar surface area (TPSA) is 117 Å². The van der Waals surface area contributed by atoms with Crippen molar-refractivity contribution in [3.63, 3.8) is 0 Å². The van der Waals surface area contributed by atoms with Crippen LogP contribution >= 0.6 is 0 Å². The van der Waals surface area contributed by atoms with E-state index in [1.54, 1.807) is 29.2 Å². The van der Waals surface area contributed by atoms with E-state index in [1.165, 1.54) is 36.4 Å². The molecule has 0 atom stereocenters. The summed E-state index contributed by atoms with van der Waals surface area (Å²) in [4.78, 5) is 30.6. The van der Waals surface area contributed by atoms with Crippen molar-refractivity contribution in [1.29, 1.82) is 5.26 Å². The Labute approximate surface area is 188 Å². The summed E-state index contributed by atoms with van der Waals surface area (Å²) in [6.45, 7) is 1.72. The highest BCUT2D eigenvalue weighted by Crippen LogP contribution is 2.25. The van der Waals surface area contributed by atoms with Gasteiger partial charge in [0.25, 0.3) is 11.6 Å². The van der Waals surface area contributed by atoms with Gasteiger partial charge in [0.1, 0.15) is 11.9 Å². The van der Waals surface area contributed by atoms with Crippen LogP contribution in [-0.2, 0) is 0 Å². The average Bonchev–Trinajstić information content (AvgIpc) is 3.26. The lowest BCUT2D eigenvalue weighted by molar-refractivity contribution is -0.384. The molecule has 2 heterocycles. The molecule has 4 rings (SSSR count). The zero-order valence-corrected chi connectivity index (χ0v) is 17.3. The molecule has 1 saturated heterocycles. The van der Waals surface area contributed by atoms with Gasteiger partial charge in [-0.15, -0.1) is 0 Å². The van der Waals surface area contributed by atoms with Crippen LogP contribution in [0.25, 0.3) is 12.2 Å². The third-order valence-electron chi connectivity index (χ3n) is 5.20. The van der Waals surface area contributed by atoms with E-state index in [0.29, 0.717) is 43.2 Å². The molecule has 0 bridgehead atoms. The number of nitro groups is 1. The molecule has 1 fully saturated rings. The molecule has 33 heavy (non-hydrogen) atoms. The molecule has 1 aliphatic rings. The molecule has 166 valence electrons. The molecule has 0 saturated carbocycles. The van der Waals surface area contributed by atoms with Gasteiger partial charge < -0.3 is 14.2 Å². The predicted octanol–water partition coefficient (Wildman–Crippen LogP) is 3.73. The van der Waals surface area contributed by atoms with Gasteiger partial charge >= 0.3 is 0 Å². The van der Waals surface area contributed by atoms with Gasteiger partial charge in [-0.05, 0) is 48.0 Å². The van der Waals surface area contributed by atoms with E-state index in [4.69, 9.17) is 4.42 Å². The van der Waals surface area contributed by atoms with Crippen LogP contribution in [0, 0.1) is 27.3 Å². The normalized spacial score (nSPS) is 13.8. The number of nitro benzene ring substituents is 1. The summed E-state index contributed by atoms with van der Waals surface area (Å²) in [6, 6.07) is 13.4. The third-order valence-corrected chi connectivity index (χ3v) is 5.20. The predicted molar refractivity (Wildman–Crippen MR) is 118 cm³/mol. The Kier molecular flexibility index (Phi) is 6.13. The molecule has 0 spiro atoms. The van der Waals surface area contributed by atoms with Crippen molar-refractivity contribution in [2.24, 2.45) is 0 Å². The maximum Gasteiger partial charge on any atom is 0.269 e. The first-order valence-electron chi connectivity index (χ1n) is 10.1. The van der Waals surface area contributed by atoms with Gasteiger partial charge in [0.15, 0.2) is 0 Å². The molecule has 3 aromatic rings. The summed E-state index contributed by atoms with van der Waals surface area (Å²) < 4.78 is 18.9. The van der Waals surface area contributed by atoms with Crippen LogP contribution in [0.2, 0.25) is 0 Å². The van der Waals surface area contributed by atoms with Gasteiger partial charge in [-0.2, -0.15) is 10.2 Å². The second-order valence-electron chi connectivity index (χ2n) is 7.29. The summed E-state index contributed by atoms with van der Waals surface area (Å²) in [6.07, 6.45) is 3.26. The molecule has 2 aromatic carbocycles. The first kappa shape index (κ1) is 21.7. The SMILES string of the molecule is N#Cc1nc(/C=C/c2ccc([N+](=O)[O-])cc2)oc1N1CCN(C(=O)c2ccc(F)cc2)CC1. The van der Waals surface area contributed by atoms with Crippen LogP contribution in [-0.4, -0.2) is 46.9 Å². The highest BCUT2D eigenvalue weighted by Gasteiger charge is 2.26. The van der Waals surface area contributed by atoms with Crippen molar-refractivity contribution in [2.75, 3.05) is 31.1 Å². The minimum atomic E-state index is -0.472. The summed E-state index contributed by atoms with van der Waals surface area (Å²) in [5.74, 6) is -0.0250. The standard InChI is InChI=1S/C23H18FN5O4/c24-18-6-4-17(5-7-18)22(30)27-11-13-28(14-12-27)23-20(15-25)26-21(33-23)10-3-16-1-8-19(9-2-16)29(31)32/h1-10H,11-14H2/b10-3+. The number of halogens is 1. The largest absolute Gasteiger partial charge is 0.420 e. The Balaban J connectivity index is 1.42. The third kappa shape index (κ3) is 4.88. The number of carbonyl (C=O) groups is 1. The summed E-state index contributed by atoms with van der Waals surface area (Å²) in [5, 5.41) is 20.2. The second-order valence-corrected chi connectivity index (χ2v) is 7.29. The van der Waals surface area contributed by atoms with E-state index in [0.717, 1.165) is 0 Å². The Morgan fingerprint density at radius 3 is 2.36 bits per heavy atom. The minimum absolute atomic E-state index is 0.00520. The Morgan fingerprint density at radius 2 is 1.76 bits per heavy atom. The van der Waals surface area contributed by atoms with Crippen molar-refractivity contribution < 1.29 is 18.5 Å². The maximum atomic E-state index is 13.1. The number of piperazine rings is 1. The van der Waals surface area contributed by atoms with Crippen LogP contribution in [0.1, 0.15) is 27.5 Å². The van der Waals surface area contributed by atoms with Crippen molar-refractivity contribution >= 4 is 29.6 Å². The Bertz CT molecular complexity index is 1240. The zero-order chi connectivity index (χ0) is 23.4. The number of amides is 1. The number of benzene rings is 2. The molecule has 0 unspecified atom stereocenters. The lowest BCUT2D eigenvalue weighted by atomic mass is 10.2. The monoisotopic (exact) mass is 447 g/mol. The van der Waals surface area contributed by atoms with Gasteiger partial charge in [0.05, 0.1) is 4.92 Å². The first-order chi connectivity index (χ1) is 15.9. The van der Waals surface area contributed by atoms with Crippen LogP contribution < -0.4 is 4.90 Å². The number of anilines is 1. The number of nitrogens with zero attached hydrogens (tertiary/aromatic N) is 5. The number of carbonyl (C=O) groups excluding carboxylic acids is 1. The highest BCUT2D eigenvalue weighted by atomic mass is 19.1. The maximum absolute atomic E-state index is 13.1. The zero-order valence-electron chi connectivity index (χ0n) is 17.3. The summed E-state index contributed by atoms with van der Waals surface area (Å²) in [7, 11) is 0. The number of oxazole rings is 1. The first-order valence-corrected chi connectivity index (χ1v) is 10.1. The molecule has 1 aliphatic heterocycles. The number of non-ortho nitro benzene ring substituents is 1. The van der Waals surface area contributed by atoms with Gasteiger partial charge in [0, 0.05) is 50.0 Å². The number of rotatable bonds is 5. The van der Waals surface area contributed by atoms with Crippen molar-refractivity contribution in [1.82, 2.24) is 9.88 Å². The number of aromatic nitrogens is 1. The molecule has 1 aromatic heterocycles. The number of nitriles is 1. The highest BCUT2D eigenvalue weighted by molar-refractivity contribution is 5.94. The summed E-state index contributed by atoms with van der Waals surface area (Å²) in [5.41, 5.74) is 1.26. The Hall–Kier alpha value is -4.52. The molecule has 10 heteroatoms. The van der Waals surface area contributed by atoms with Crippen molar-refractivity contribution in [3.05, 3.63) is 87.2 Å². The van der Waals surface area contributed by atoms with Crippen LogP contribution in [0.4, 0.5) is 16.0 Å². The van der Waals surface area contributed by atoms with E-state index in [-0.39, 0.29) is 23.2 Å². The molecule has 0 aliphatic carbocycles. The molecule has 0 radical (unpaired) electrons. The van der Waals surface area contributed by atoms with Crippen LogP contribution in [0.5, 0.6) is 0 Å². The fourth-order valence-corrected chi connectivity index (χ4v) is 3.45. The van der Waals surface area contributed by atoms with Crippen LogP contribution in [0.15, 0.2) is 52.9 Å². The average molecular weight is 447 g/mol. The van der Waals surface area contributed by atoms with E-state index in [2.05, 4.69) is 4.98 Å². The number of hydrogen-bond donors (Lipinski definition) is 0. The second kappa shape index (κ2) is 9.32. The molecule has 0 N–H and O–H groups in total. The Morgan fingerprint density at radius 1 is 1.09 bits per heavy atom. The molecular formula is C23H18FN5O4. The molecular weight excluding hydrogens is 429 g/mol. The molecule has 9 nitrogen and oxygen atoms in total. The van der Waals surface area contributed by atoms with E-state index < -0.39 is 10.7 Å². The fraction of sp³-hybridized carbons (Fsp3) is 0.174. The van der Waals surface area contributed by atoms with Crippen molar-refractivity contribution in [2.45, 2.75) is 0 Å². The van der Waals surface area contributed by atoms with Gasteiger partial charge in [-0.1, -0.05) is 0 Å². The van der Waals surface area contributed by atoms with E-state index >= 15 is 0 Å². The van der Waals surface area contributed by atoms with Gasteiger partial charge in [-0.3, -0.25) is 14.9 Å². The lowest BCUT2D eigenvalue weighted by Crippen LogP contribution is -2.48.